The summed E-state index contributed by atoms with van der Waals surface area (Å²) in [6.07, 6.45) is 10.4. The fourth-order valence-corrected chi connectivity index (χ4v) is 9.21. The number of esters is 1. The molecule has 1 atom stereocenters. The summed E-state index contributed by atoms with van der Waals surface area (Å²) in [6, 6.07) is -0.156. The van der Waals surface area contributed by atoms with Crippen LogP contribution < -0.4 is 0 Å². The summed E-state index contributed by atoms with van der Waals surface area (Å²) in [6.45, 7) is -0.228. The van der Waals surface area contributed by atoms with Crippen molar-refractivity contribution < 1.29 is 22.7 Å². The zero-order valence-corrected chi connectivity index (χ0v) is 17.9. The number of amides is 1. The van der Waals surface area contributed by atoms with Gasteiger partial charge < -0.3 is 9.64 Å². The van der Waals surface area contributed by atoms with E-state index in [1.807, 2.05) is 0 Å². The number of hydrogen-bond donors (Lipinski definition) is 0. The van der Waals surface area contributed by atoms with Gasteiger partial charge >= 0.3 is 5.97 Å². The van der Waals surface area contributed by atoms with Gasteiger partial charge in [0, 0.05) is 12.1 Å². The zero-order chi connectivity index (χ0) is 20.2. The van der Waals surface area contributed by atoms with Crippen molar-refractivity contribution in [1.82, 2.24) is 4.90 Å². The molecule has 0 radical (unpaired) electrons. The van der Waals surface area contributed by atoms with Gasteiger partial charge in [0.1, 0.15) is 0 Å². The van der Waals surface area contributed by atoms with E-state index in [4.69, 9.17) is 4.74 Å². The number of hydrogen-bond acceptors (Lipinski definition) is 5. The smallest absolute Gasteiger partial charge is 0.310 e. The van der Waals surface area contributed by atoms with Crippen molar-refractivity contribution in [3.8, 4) is 0 Å². The fraction of sp³-hybridized carbons (Fsp3) is 0.909. The van der Waals surface area contributed by atoms with Gasteiger partial charge in [-0.2, -0.15) is 0 Å². The third-order valence-electron chi connectivity index (χ3n) is 8.44. The third kappa shape index (κ3) is 3.84. The van der Waals surface area contributed by atoms with Crippen LogP contribution >= 0.6 is 0 Å². The van der Waals surface area contributed by atoms with E-state index in [1.165, 1.54) is 6.42 Å². The van der Waals surface area contributed by atoms with Crippen molar-refractivity contribution >= 4 is 21.7 Å². The molecule has 162 valence electrons. The monoisotopic (exact) mass is 423 g/mol. The summed E-state index contributed by atoms with van der Waals surface area (Å²) in [5.74, 6) is 2.28. The Morgan fingerprint density at radius 3 is 2.03 bits per heavy atom. The molecule has 0 N–H and O–H groups in total. The van der Waals surface area contributed by atoms with Crippen LogP contribution in [0.15, 0.2) is 0 Å². The highest BCUT2D eigenvalue weighted by molar-refractivity contribution is 7.91. The Labute approximate surface area is 173 Å². The summed E-state index contributed by atoms with van der Waals surface area (Å²) in [7, 11) is -3.07. The molecule has 4 bridgehead atoms. The van der Waals surface area contributed by atoms with Crippen LogP contribution in [0.4, 0.5) is 0 Å². The van der Waals surface area contributed by atoms with Crippen LogP contribution in [0.3, 0.4) is 0 Å². The summed E-state index contributed by atoms with van der Waals surface area (Å²) in [5, 5.41) is 0. The van der Waals surface area contributed by atoms with Crippen LogP contribution in [0.25, 0.3) is 0 Å². The van der Waals surface area contributed by atoms with Crippen molar-refractivity contribution in [2.24, 2.45) is 29.6 Å². The molecule has 5 saturated carbocycles. The highest BCUT2D eigenvalue weighted by Crippen LogP contribution is 2.56. The maximum absolute atomic E-state index is 13.1. The lowest BCUT2D eigenvalue weighted by atomic mass is 9.52. The zero-order valence-electron chi connectivity index (χ0n) is 17.1. The van der Waals surface area contributed by atoms with Gasteiger partial charge in [0.15, 0.2) is 16.4 Å². The molecule has 6 nitrogen and oxygen atoms in total. The van der Waals surface area contributed by atoms with Crippen molar-refractivity contribution in [1.29, 1.82) is 0 Å². The molecule has 6 rings (SSSR count). The molecule has 0 aromatic rings. The maximum atomic E-state index is 13.1. The van der Waals surface area contributed by atoms with E-state index in [9.17, 15) is 18.0 Å². The quantitative estimate of drug-likeness (QED) is 0.635. The second-order valence-corrected chi connectivity index (χ2v) is 12.6. The van der Waals surface area contributed by atoms with Crippen molar-refractivity contribution in [2.45, 2.75) is 76.3 Å². The van der Waals surface area contributed by atoms with E-state index in [2.05, 4.69) is 0 Å². The molecule has 1 amide bonds. The predicted molar refractivity (Wildman–Crippen MR) is 108 cm³/mol. The summed E-state index contributed by atoms with van der Waals surface area (Å²) >= 11 is 0. The van der Waals surface area contributed by atoms with Gasteiger partial charge in [-0.25, -0.2) is 8.42 Å². The Kier molecular flexibility index (Phi) is 5.16. The van der Waals surface area contributed by atoms with Crippen LogP contribution in [-0.2, 0) is 24.2 Å². The van der Waals surface area contributed by atoms with Gasteiger partial charge in [-0.15, -0.1) is 0 Å². The SMILES string of the molecule is O=C(OCC(=O)N(C1CCCC1)[C@H]1CCS(=O)(=O)C1)C1C2CC3CC(C2)CC1C3. The van der Waals surface area contributed by atoms with Crippen LogP contribution in [0, 0.1) is 29.6 Å². The van der Waals surface area contributed by atoms with Crippen molar-refractivity contribution in [3.05, 3.63) is 0 Å². The number of sulfone groups is 1. The van der Waals surface area contributed by atoms with E-state index < -0.39 is 9.84 Å². The molecular formula is C22H33NO5S. The maximum Gasteiger partial charge on any atom is 0.310 e. The molecule has 29 heavy (non-hydrogen) atoms. The molecule has 0 aromatic carbocycles. The normalized spacial score (nSPS) is 40.3. The Hall–Kier alpha value is -1.11. The van der Waals surface area contributed by atoms with Gasteiger partial charge in [-0.3, -0.25) is 9.59 Å². The number of ether oxygens (including phenoxy) is 1. The van der Waals surface area contributed by atoms with E-state index in [0.29, 0.717) is 18.3 Å². The topological polar surface area (TPSA) is 80.8 Å². The molecule has 0 spiro atoms. The van der Waals surface area contributed by atoms with Gasteiger partial charge in [-0.1, -0.05) is 12.8 Å². The van der Waals surface area contributed by atoms with Crippen LogP contribution in [0.1, 0.15) is 64.2 Å². The number of rotatable bonds is 5. The molecule has 1 heterocycles. The Balaban J connectivity index is 1.23. The molecular weight excluding hydrogens is 390 g/mol. The summed E-state index contributed by atoms with van der Waals surface area (Å²) in [4.78, 5) is 27.8. The average Bonchev–Trinajstić information content (AvgIpc) is 3.29. The third-order valence-corrected chi connectivity index (χ3v) is 10.2. The minimum Gasteiger partial charge on any atom is -0.455 e. The number of nitrogens with zero attached hydrogens (tertiary/aromatic N) is 1. The lowest BCUT2D eigenvalue weighted by molar-refractivity contribution is -0.167. The summed E-state index contributed by atoms with van der Waals surface area (Å²) < 4.78 is 29.6. The molecule has 7 heteroatoms. The van der Waals surface area contributed by atoms with Gasteiger partial charge in [0.2, 0.25) is 0 Å². The molecule has 5 aliphatic carbocycles. The molecule has 1 saturated heterocycles. The standard InChI is InChI=1S/C22H33NO5S/c24-20(23(18-3-1-2-4-18)19-5-6-29(26,27)13-19)12-28-22(25)21-16-8-14-7-15(10-16)11-17(21)9-14/h14-19,21H,1-13H2/t14?,15?,16?,17?,19-,21?/m0/s1. The average molecular weight is 424 g/mol. The van der Waals surface area contributed by atoms with Crippen LogP contribution in [0.2, 0.25) is 0 Å². The van der Waals surface area contributed by atoms with Crippen molar-refractivity contribution in [2.75, 3.05) is 18.1 Å². The largest absolute Gasteiger partial charge is 0.455 e. The Morgan fingerprint density at radius 2 is 1.48 bits per heavy atom. The van der Waals surface area contributed by atoms with Crippen LogP contribution in [0.5, 0.6) is 0 Å². The molecule has 6 aliphatic rings. The van der Waals surface area contributed by atoms with Crippen molar-refractivity contribution in [3.63, 3.8) is 0 Å². The fourth-order valence-electron chi connectivity index (χ4n) is 7.50. The molecule has 0 aromatic heterocycles. The first-order valence-electron chi connectivity index (χ1n) is 11.6. The van der Waals surface area contributed by atoms with E-state index >= 15 is 0 Å². The molecule has 0 unspecified atom stereocenters. The number of carbonyl (C=O) groups is 2. The van der Waals surface area contributed by atoms with E-state index in [-0.39, 0.29) is 48.0 Å². The minimum atomic E-state index is -3.07. The highest BCUT2D eigenvalue weighted by Gasteiger charge is 2.51. The lowest BCUT2D eigenvalue weighted by Crippen LogP contribution is -2.50. The first-order chi connectivity index (χ1) is 13.9. The van der Waals surface area contributed by atoms with Gasteiger partial charge in [0.25, 0.3) is 5.91 Å². The van der Waals surface area contributed by atoms with E-state index in [0.717, 1.165) is 63.2 Å². The summed E-state index contributed by atoms with van der Waals surface area (Å²) in [5.41, 5.74) is 0. The van der Waals surface area contributed by atoms with Gasteiger partial charge in [0.05, 0.1) is 17.4 Å². The lowest BCUT2D eigenvalue weighted by Gasteiger charge is -2.53. The Bertz CT molecular complexity index is 744. The first kappa shape index (κ1) is 19.8. The highest BCUT2D eigenvalue weighted by atomic mass is 32.2. The molecule has 1 aliphatic heterocycles. The van der Waals surface area contributed by atoms with Gasteiger partial charge in [-0.05, 0) is 75.0 Å². The van der Waals surface area contributed by atoms with Crippen LogP contribution in [-0.4, -0.2) is 55.4 Å². The second-order valence-electron chi connectivity index (χ2n) is 10.4. The Morgan fingerprint density at radius 1 is 0.862 bits per heavy atom. The minimum absolute atomic E-state index is 0.0256. The number of carbonyl (C=O) groups excluding carboxylic acids is 2. The predicted octanol–water partition coefficient (Wildman–Crippen LogP) is 2.56. The van der Waals surface area contributed by atoms with E-state index in [1.54, 1.807) is 4.90 Å². The first-order valence-corrected chi connectivity index (χ1v) is 13.4. The molecule has 6 fully saturated rings. The second kappa shape index (κ2) is 7.54.